The molecule has 0 bridgehead atoms. The molecule has 10 heteroatoms. The fraction of sp³-hybridized carbons (Fsp3) is 0.933. The van der Waals surface area contributed by atoms with Crippen molar-refractivity contribution in [2.75, 3.05) is 39.3 Å². The van der Waals surface area contributed by atoms with Gasteiger partial charge in [-0.15, -0.1) is 0 Å². The average Bonchev–Trinajstić information content (AvgIpc) is 3.22. The molecular weight excluding hydrogens is 327 g/mol. The number of nitrogens with one attached hydrogen (secondary N) is 5. The molecule has 7 N–H and O–H groups in total. The zero-order valence-corrected chi connectivity index (χ0v) is 14.4. The number of piperidine rings is 1. The third-order valence-electron chi connectivity index (χ3n) is 5.69. The summed E-state index contributed by atoms with van der Waals surface area (Å²) in [5.41, 5.74) is 12.6. The van der Waals surface area contributed by atoms with Crippen LogP contribution in [-0.4, -0.2) is 85.8 Å². The minimum atomic E-state index is -0.953. The molecule has 4 aliphatic rings. The molecule has 6 atom stereocenters. The number of fused-ring (bicyclic) bond motifs is 1. The highest BCUT2D eigenvalue weighted by Gasteiger charge is 2.47. The summed E-state index contributed by atoms with van der Waals surface area (Å²) in [5, 5.41) is 13.7. The summed E-state index contributed by atoms with van der Waals surface area (Å²) in [6, 6.07) is 0.314. The molecule has 9 nitrogen and oxygen atoms in total. The molecule has 25 heavy (non-hydrogen) atoms. The Labute approximate surface area is 147 Å². The largest absolute Gasteiger partial charge is 0.350 e. The maximum Gasteiger partial charge on any atom is 0.229 e. The van der Waals surface area contributed by atoms with Crippen LogP contribution in [0.5, 0.6) is 0 Å². The number of hydrogen-bond donors (Lipinski definition) is 6. The maximum atomic E-state index is 13.6. The van der Waals surface area contributed by atoms with Gasteiger partial charge in [0.1, 0.15) is 6.17 Å². The van der Waals surface area contributed by atoms with Gasteiger partial charge in [0.2, 0.25) is 5.91 Å². The Morgan fingerprint density at radius 1 is 1.24 bits per heavy atom. The van der Waals surface area contributed by atoms with Crippen LogP contribution in [0.1, 0.15) is 12.8 Å². The third kappa shape index (κ3) is 3.52. The van der Waals surface area contributed by atoms with Crippen molar-refractivity contribution in [1.29, 1.82) is 0 Å². The lowest BCUT2D eigenvalue weighted by atomic mass is 9.97. The van der Waals surface area contributed by atoms with Gasteiger partial charge in [-0.3, -0.25) is 15.5 Å². The highest BCUT2D eigenvalue weighted by Crippen LogP contribution is 2.23. The first kappa shape index (κ1) is 17.5. The van der Waals surface area contributed by atoms with Gasteiger partial charge in [0.15, 0.2) is 0 Å². The van der Waals surface area contributed by atoms with Gasteiger partial charge >= 0.3 is 0 Å². The molecular formula is C15H29FN8O. The summed E-state index contributed by atoms with van der Waals surface area (Å²) >= 11 is 0. The molecule has 1 amide bonds. The van der Waals surface area contributed by atoms with Crippen LogP contribution in [0.2, 0.25) is 0 Å². The molecule has 0 aromatic carbocycles. The van der Waals surface area contributed by atoms with Gasteiger partial charge in [-0.25, -0.2) is 19.8 Å². The summed E-state index contributed by atoms with van der Waals surface area (Å²) in [4.78, 5) is 13.0. The fourth-order valence-corrected chi connectivity index (χ4v) is 4.46. The number of hydrogen-bond acceptors (Lipinski definition) is 8. The first-order chi connectivity index (χ1) is 12.1. The monoisotopic (exact) mass is 356 g/mol. The minimum Gasteiger partial charge on any atom is -0.350 e. The second kappa shape index (κ2) is 7.39. The van der Waals surface area contributed by atoms with Crippen LogP contribution in [0.15, 0.2) is 0 Å². The van der Waals surface area contributed by atoms with E-state index in [4.69, 9.17) is 5.73 Å². The number of nitrogens with zero attached hydrogens (tertiary/aromatic N) is 2. The smallest absolute Gasteiger partial charge is 0.229 e. The van der Waals surface area contributed by atoms with Crippen LogP contribution in [-0.2, 0) is 4.79 Å². The Bertz CT molecular complexity index is 490. The number of carbonyl (C=O) groups is 1. The quantitative estimate of drug-likeness (QED) is 0.318. The zero-order valence-electron chi connectivity index (χ0n) is 14.4. The molecule has 0 radical (unpaired) electrons. The molecule has 0 aromatic rings. The molecule has 6 unspecified atom stereocenters. The predicted octanol–water partition coefficient (Wildman–Crippen LogP) is -2.97. The summed E-state index contributed by atoms with van der Waals surface area (Å²) in [7, 11) is 0. The van der Waals surface area contributed by atoms with E-state index in [0.29, 0.717) is 0 Å². The second-order valence-electron chi connectivity index (χ2n) is 7.41. The van der Waals surface area contributed by atoms with Crippen molar-refractivity contribution >= 4 is 5.91 Å². The zero-order chi connectivity index (χ0) is 17.4. The van der Waals surface area contributed by atoms with Crippen molar-refractivity contribution in [1.82, 2.24) is 36.8 Å². The lowest BCUT2D eigenvalue weighted by Gasteiger charge is -2.39. The van der Waals surface area contributed by atoms with E-state index in [1.54, 1.807) is 5.01 Å². The Morgan fingerprint density at radius 2 is 2.12 bits per heavy atom. The standard InChI is InChI=1S/C15H29FN8O/c16-9-6-19-14-12(13(17)22-24(14)8-9)15(25)21-10-7-18-4-2-11(10)23-5-1-3-20-23/h9-14,18-20,22H,1-8,17H2,(H,21,25). The van der Waals surface area contributed by atoms with Gasteiger partial charge in [-0.05, 0) is 19.4 Å². The van der Waals surface area contributed by atoms with Gasteiger partial charge in [-0.2, -0.15) is 0 Å². The van der Waals surface area contributed by atoms with E-state index in [9.17, 15) is 9.18 Å². The summed E-state index contributed by atoms with van der Waals surface area (Å²) in [5.74, 6) is -0.517. The maximum absolute atomic E-state index is 13.6. The number of rotatable bonds is 3. The Hall–Kier alpha value is -0.880. The molecule has 4 rings (SSSR count). The SMILES string of the molecule is NC1NN2CC(F)CNC2C1C(=O)NC1CNCCC1N1CCCN1. The van der Waals surface area contributed by atoms with Gasteiger partial charge in [0.25, 0.3) is 0 Å². The van der Waals surface area contributed by atoms with Gasteiger partial charge in [-0.1, -0.05) is 0 Å². The van der Waals surface area contributed by atoms with Crippen molar-refractivity contribution < 1.29 is 9.18 Å². The number of halogens is 1. The number of nitrogens with two attached hydrogens (primary N) is 1. The molecule has 0 spiro atoms. The fourth-order valence-electron chi connectivity index (χ4n) is 4.46. The highest BCUT2D eigenvalue weighted by atomic mass is 19.1. The van der Waals surface area contributed by atoms with Crippen LogP contribution >= 0.6 is 0 Å². The molecule has 4 heterocycles. The van der Waals surface area contributed by atoms with E-state index in [0.717, 1.165) is 39.0 Å². The molecule has 0 aliphatic carbocycles. The van der Waals surface area contributed by atoms with Crippen LogP contribution in [0.3, 0.4) is 0 Å². The van der Waals surface area contributed by atoms with E-state index in [1.165, 1.54) is 0 Å². The van der Waals surface area contributed by atoms with Crippen molar-refractivity contribution in [2.24, 2.45) is 11.7 Å². The van der Waals surface area contributed by atoms with E-state index in [1.807, 2.05) is 0 Å². The Kier molecular flexibility index (Phi) is 5.18. The highest BCUT2D eigenvalue weighted by molar-refractivity contribution is 5.80. The van der Waals surface area contributed by atoms with E-state index in [-0.39, 0.29) is 37.2 Å². The molecule has 0 saturated carbocycles. The normalized spacial score (nSPS) is 43.1. The number of alkyl halides is 1. The van der Waals surface area contributed by atoms with Gasteiger partial charge in [0, 0.05) is 38.8 Å². The van der Waals surface area contributed by atoms with Crippen LogP contribution in [0.25, 0.3) is 0 Å². The molecule has 4 aliphatic heterocycles. The van der Waals surface area contributed by atoms with Crippen LogP contribution < -0.4 is 32.5 Å². The molecule has 0 aromatic heterocycles. The van der Waals surface area contributed by atoms with E-state index >= 15 is 0 Å². The molecule has 4 saturated heterocycles. The van der Waals surface area contributed by atoms with Crippen LogP contribution in [0.4, 0.5) is 4.39 Å². The summed E-state index contributed by atoms with van der Waals surface area (Å²) < 4.78 is 13.6. The van der Waals surface area contributed by atoms with Gasteiger partial charge in [0.05, 0.1) is 24.3 Å². The first-order valence-electron chi connectivity index (χ1n) is 9.30. The summed E-state index contributed by atoms with van der Waals surface area (Å²) in [6.45, 7) is 4.21. The van der Waals surface area contributed by atoms with E-state index in [2.05, 4.69) is 31.8 Å². The predicted molar refractivity (Wildman–Crippen MR) is 90.5 cm³/mol. The summed E-state index contributed by atoms with van der Waals surface area (Å²) in [6.07, 6.45) is 0.396. The van der Waals surface area contributed by atoms with Crippen molar-refractivity contribution in [2.45, 2.75) is 43.4 Å². The lowest BCUT2D eigenvalue weighted by Crippen LogP contribution is -2.64. The minimum absolute atomic E-state index is 0.0330. The Morgan fingerprint density at radius 3 is 2.92 bits per heavy atom. The van der Waals surface area contributed by atoms with Crippen molar-refractivity contribution in [3.8, 4) is 0 Å². The van der Waals surface area contributed by atoms with Crippen molar-refractivity contribution in [3.63, 3.8) is 0 Å². The van der Waals surface area contributed by atoms with Crippen molar-refractivity contribution in [3.05, 3.63) is 0 Å². The third-order valence-corrected chi connectivity index (χ3v) is 5.69. The first-order valence-corrected chi connectivity index (χ1v) is 9.30. The van der Waals surface area contributed by atoms with E-state index < -0.39 is 18.3 Å². The number of carbonyl (C=O) groups excluding carboxylic acids is 1. The molecule has 142 valence electrons. The second-order valence-corrected chi connectivity index (χ2v) is 7.41. The lowest BCUT2D eigenvalue weighted by molar-refractivity contribution is -0.128. The van der Waals surface area contributed by atoms with Gasteiger partial charge < -0.3 is 16.4 Å². The topological polar surface area (TPSA) is 110 Å². The Balaban J connectivity index is 1.41. The van der Waals surface area contributed by atoms with Crippen LogP contribution in [0, 0.1) is 5.92 Å². The number of hydrazine groups is 2. The average molecular weight is 356 g/mol. The number of amides is 1. The molecule has 4 fully saturated rings.